The molecule has 0 unspecified atom stereocenters. The van der Waals surface area contributed by atoms with E-state index in [9.17, 15) is 13.2 Å². The molecule has 8 nitrogen and oxygen atoms in total. The monoisotopic (exact) mass is 439 g/mol. The minimum Gasteiger partial charge on any atom is -0.357 e. The van der Waals surface area contributed by atoms with E-state index in [1.54, 1.807) is 36.5 Å². The first-order valence-electron chi connectivity index (χ1n) is 10.5. The van der Waals surface area contributed by atoms with E-state index in [1.165, 1.54) is 4.31 Å². The molecule has 0 radical (unpaired) electrons. The largest absolute Gasteiger partial charge is 0.357 e. The SMILES string of the molecule is N#Cc1ccc(N2CCC(C(=O)Nc3cccc(S(=O)(=O)N4CCCC4)c3)CC2)nc1. The number of carbonyl (C=O) groups excluding carboxylic acids is 1. The van der Waals surface area contributed by atoms with Crippen molar-refractivity contribution in [3.05, 3.63) is 48.2 Å². The van der Waals surface area contributed by atoms with Crippen LogP contribution < -0.4 is 10.2 Å². The molecule has 1 aromatic carbocycles. The van der Waals surface area contributed by atoms with Gasteiger partial charge in [0, 0.05) is 44.0 Å². The highest BCUT2D eigenvalue weighted by Gasteiger charge is 2.28. The van der Waals surface area contributed by atoms with Crippen molar-refractivity contribution in [3.63, 3.8) is 0 Å². The van der Waals surface area contributed by atoms with Gasteiger partial charge >= 0.3 is 0 Å². The number of nitrogens with one attached hydrogen (secondary N) is 1. The second-order valence-corrected chi connectivity index (χ2v) is 9.84. The summed E-state index contributed by atoms with van der Waals surface area (Å²) < 4.78 is 27.0. The number of aromatic nitrogens is 1. The Morgan fingerprint density at radius 3 is 2.48 bits per heavy atom. The number of piperidine rings is 1. The number of sulfonamides is 1. The van der Waals surface area contributed by atoms with Crippen molar-refractivity contribution in [1.82, 2.24) is 9.29 Å². The first kappa shape index (κ1) is 21.3. The Morgan fingerprint density at radius 1 is 1.10 bits per heavy atom. The fraction of sp³-hybridized carbons (Fsp3) is 0.409. The molecule has 1 aromatic heterocycles. The number of carbonyl (C=O) groups is 1. The predicted octanol–water partition coefficient (Wildman–Crippen LogP) is 2.59. The number of hydrogen-bond donors (Lipinski definition) is 1. The van der Waals surface area contributed by atoms with Gasteiger partial charge in [-0.25, -0.2) is 13.4 Å². The maximum absolute atomic E-state index is 12.8. The third kappa shape index (κ3) is 4.70. The van der Waals surface area contributed by atoms with Crippen LogP contribution in [0.3, 0.4) is 0 Å². The minimum atomic E-state index is -3.52. The third-order valence-electron chi connectivity index (χ3n) is 5.87. The molecule has 1 N–H and O–H groups in total. The lowest BCUT2D eigenvalue weighted by Crippen LogP contribution is -2.38. The fourth-order valence-corrected chi connectivity index (χ4v) is 5.63. The van der Waals surface area contributed by atoms with Gasteiger partial charge in [0.2, 0.25) is 15.9 Å². The summed E-state index contributed by atoms with van der Waals surface area (Å²) in [7, 11) is -3.52. The summed E-state index contributed by atoms with van der Waals surface area (Å²) in [6, 6.07) is 12.1. The van der Waals surface area contributed by atoms with Gasteiger partial charge in [0.05, 0.1) is 10.5 Å². The first-order chi connectivity index (χ1) is 15.0. The summed E-state index contributed by atoms with van der Waals surface area (Å²) in [5, 5.41) is 11.8. The number of pyridine rings is 1. The topological polar surface area (TPSA) is 106 Å². The molecule has 3 heterocycles. The van der Waals surface area contributed by atoms with Gasteiger partial charge in [-0.15, -0.1) is 0 Å². The van der Waals surface area contributed by atoms with Crippen LogP contribution in [0, 0.1) is 17.2 Å². The summed E-state index contributed by atoms with van der Waals surface area (Å²) >= 11 is 0. The van der Waals surface area contributed by atoms with Crippen molar-refractivity contribution in [3.8, 4) is 6.07 Å². The highest BCUT2D eigenvalue weighted by atomic mass is 32.2. The van der Waals surface area contributed by atoms with Gasteiger partial charge < -0.3 is 10.2 Å². The minimum absolute atomic E-state index is 0.0943. The van der Waals surface area contributed by atoms with Gasteiger partial charge in [-0.05, 0) is 56.0 Å². The second kappa shape index (κ2) is 9.04. The molecular weight excluding hydrogens is 414 g/mol. The molecule has 2 aliphatic rings. The molecule has 0 aliphatic carbocycles. The number of benzene rings is 1. The Bertz CT molecular complexity index is 1080. The molecular formula is C22H25N5O3S. The average Bonchev–Trinajstić information content (AvgIpc) is 3.35. The molecule has 0 bridgehead atoms. The van der Waals surface area contributed by atoms with Crippen molar-refractivity contribution in [2.45, 2.75) is 30.6 Å². The Kier molecular flexibility index (Phi) is 6.20. The van der Waals surface area contributed by atoms with E-state index in [-0.39, 0.29) is 16.7 Å². The molecule has 0 atom stereocenters. The summed E-state index contributed by atoms with van der Waals surface area (Å²) in [6.07, 6.45) is 4.68. The Balaban J connectivity index is 1.36. The number of amides is 1. The number of nitrogens with zero attached hydrogens (tertiary/aromatic N) is 4. The summed E-state index contributed by atoms with van der Waals surface area (Å²) in [4.78, 5) is 19.4. The van der Waals surface area contributed by atoms with E-state index in [0.29, 0.717) is 50.3 Å². The second-order valence-electron chi connectivity index (χ2n) is 7.91. The quantitative estimate of drug-likeness (QED) is 0.768. The molecule has 2 aromatic rings. The zero-order valence-corrected chi connectivity index (χ0v) is 18.0. The number of rotatable bonds is 5. The lowest BCUT2D eigenvalue weighted by atomic mass is 9.95. The standard InChI is InChI=1S/C22H25N5O3S/c23-15-17-6-7-21(24-16-17)26-12-8-18(9-13-26)22(28)25-19-4-3-5-20(14-19)31(29,30)27-10-1-2-11-27/h3-7,14,16,18H,1-2,8-13H2,(H,25,28). The van der Waals surface area contributed by atoms with Crippen molar-refractivity contribution in [1.29, 1.82) is 5.26 Å². The van der Waals surface area contributed by atoms with Gasteiger partial charge in [-0.2, -0.15) is 9.57 Å². The van der Waals surface area contributed by atoms with Crippen LogP contribution in [0.25, 0.3) is 0 Å². The van der Waals surface area contributed by atoms with Gasteiger partial charge in [-0.1, -0.05) is 6.07 Å². The number of hydrogen-bond acceptors (Lipinski definition) is 6. The fourth-order valence-electron chi connectivity index (χ4n) is 4.07. The van der Waals surface area contributed by atoms with Crippen LogP contribution in [-0.2, 0) is 14.8 Å². The molecule has 0 saturated carbocycles. The zero-order valence-electron chi connectivity index (χ0n) is 17.2. The molecule has 9 heteroatoms. The Labute approximate surface area is 182 Å². The van der Waals surface area contributed by atoms with Crippen molar-refractivity contribution in [2.75, 3.05) is 36.4 Å². The normalized spacial score (nSPS) is 18.0. The lowest BCUT2D eigenvalue weighted by Gasteiger charge is -2.32. The predicted molar refractivity (Wildman–Crippen MR) is 117 cm³/mol. The van der Waals surface area contributed by atoms with Crippen molar-refractivity contribution >= 4 is 27.4 Å². The maximum Gasteiger partial charge on any atom is 0.243 e. The number of nitriles is 1. The van der Waals surface area contributed by atoms with Gasteiger partial charge in [-0.3, -0.25) is 4.79 Å². The molecule has 2 saturated heterocycles. The molecule has 2 fully saturated rings. The first-order valence-corrected chi connectivity index (χ1v) is 11.9. The van der Waals surface area contributed by atoms with Crippen molar-refractivity contribution < 1.29 is 13.2 Å². The average molecular weight is 440 g/mol. The van der Waals surface area contributed by atoms with E-state index in [0.717, 1.165) is 18.7 Å². The van der Waals surface area contributed by atoms with E-state index in [2.05, 4.69) is 21.3 Å². The summed E-state index contributed by atoms with van der Waals surface area (Å²) in [5.41, 5.74) is 1.02. The van der Waals surface area contributed by atoms with E-state index < -0.39 is 10.0 Å². The van der Waals surface area contributed by atoms with Crippen LogP contribution in [0.1, 0.15) is 31.2 Å². The van der Waals surface area contributed by atoms with Crippen LogP contribution >= 0.6 is 0 Å². The Hall–Kier alpha value is -2.96. The van der Waals surface area contributed by atoms with E-state index in [1.807, 2.05) is 6.07 Å². The molecule has 1 amide bonds. The van der Waals surface area contributed by atoms with Crippen LogP contribution in [0.2, 0.25) is 0 Å². The maximum atomic E-state index is 12.8. The third-order valence-corrected chi connectivity index (χ3v) is 7.77. The molecule has 0 spiro atoms. The van der Waals surface area contributed by atoms with E-state index in [4.69, 9.17) is 5.26 Å². The van der Waals surface area contributed by atoms with Gasteiger partial charge in [0.1, 0.15) is 11.9 Å². The van der Waals surface area contributed by atoms with Crippen LogP contribution in [0.15, 0.2) is 47.5 Å². The molecule has 162 valence electrons. The van der Waals surface area contributed by atoms with Crippen molar-refractivity contribution in [2.24, 2.45) is 5.92 Å². The Morgan fingerprint density at radius 2 is 1.84 bits per heavy atom. The smallest absolute Gasteiger partial charge is 0.243 e. The zero-order chi connectivity index (χ0) is 21.8. The lowest BCUT2D eigenvalue weighted by molar-refractivity contribution is -0.120. The van der Waals surface area contributed by atoms with Crippen LogP contribution in [-0.4, -0.2) is 49.8 Å². The van der Waals surface area contributed by atoms with Crippen LogP contribution in [0.5, 0.6) is 0 Å². The van der Waals surface area contributed by atoms with E-state index >= 15 is 0 Å². The van der Waals surface area contributed by atoms with Crippen LogP contribution in [0.4, 0.5) is 11.5 Å². The summed E-state index contributed by atoms with van der Waals surface area (Å²) in [6.45, 7) is 2.48. The van der Waals surface area contributed by atoms with Gasteiger partial charge in [0.15, 0.2) is 0 Å². The number of anilines is 2. The highest BCUT2D eigenvalue weighted by molar-refractivity contribution is 7.89. The van der Waals surface area contributed by atoms with Gasteiger partial charge in [0.25, 0.3) is 0 Å². The molecule has 31 heavy (non-hydrogen) atoms. The molecule has 2 aliphatic heterocycles. The highest BCUT2D eigenvalue weighted by Crippen LogP contribution is 2.26. The molecule has 4 rings (SSSR count). The summed E-state index contributed by atoms with van der Waals surface area (Å²) in [5.74, 6) is 0.564.